The smallest absolute Gasteiger partial charge is 0.0909 e. The summed E-state index contributed by atoms with van der Waals surface area (Å²) in [6.07, 6.45) is 3.19. The largest absolute Gasteiger partial charge is 0.298 e. The summed E-state index contributed by atoms with van der Waals surface area (Å²) in [5.74, 6) is 0.784. The van der Waals surface area contributed by atoms with E-state index in [4.69, 9.17) is 0 Å². The highest BCUT2D eigenvalue weighted by atomic mass is 19.1. The van der Waals surface area contributed by atoms with Crippen LogP contribution in [0.4, 0.5) is 4.39 Å². The predicted molar refractivity (Wildman–Crippen MR) is 54.6 cm³/mol. The molecule has 0 aromatic heterocycles. The van der Waals surface area contributed by atoms with Gasteiger partial charge in [0.05, 0.1) is 6.67 Å². The van der Waals surface area contributed by atoms with Crippen molar-refractivity contribution < 1.29 is 4.39 Å². The summed E-state index contributed by atoms with van der Waals surface area (Å²) in [6.45, 7) is 7.69. The van der Waals surface area contributed by atoms with Gasteiger partial charge in [0.15, 0.2) is 0 Å². The Hall–Kier alpha value is -0.110. The molecule has 1 nitrogen and oxygen atoms in total. The lowest BCUT2D eigenvalue weighted by molar-refractivity contribution is 0.0763. The maximum absolute atomic E-state index is 12.3. The van der Waals surface area contributed by atoms with Crippen LogP contribution in [0.5, 0.6) is 0 Å². The Morgan fingerprint density at radius 1 is 1.46 bits per heavy atom. The SMILES string of the molecule is CC1CCN(C(C)C)C(CCF)C1. The predicted octanol–water partition coefficient (Wildman–Crippen LogP) is 2.85. The Bertz CT molecular complexity index is 147. The van der Waals surface area contributed by atoms with Gasteiger partial charge >= 0.3 is 0 Å². The second kappa shape index (κ2) is 4.94. The fourth-order valence-electron chi connectivity index (χ4n) is 2.36. The van der Waals surface area contributed by atoms with E-state index in [2.05, 4.69) is 25.7 Å². The minimum atomic E-state index is -0.166. The normalized spacial score (nSPS) is 31.2. The van der Waals surface area contributed by atoms with Crippen LogP contribution in [-0.2, 0) is 0 Å². The summed E-state index contributed by atoms with van der Waals surface area (Å²) in [4.78, 5) is 2.46. The number of nitrogens with zero attached hydrogens (tertiary/aromatic N) is 1. The molecular formula is C11H22FN. The van der Waals surface area contributed by atoms with Crippen LogP contribution < -0.4 is 0 Å². The first kappa shape index (κ1) is 11.0. The molecule has 0 amide bonds. The third-order valence-electron chi connectivity index (χ3n) is 3.13. The fourth-order valence-corrected chi connectivity index (χ4v) is 2.36. The lowest BCUT2D eigenvalue weighted by Gasteiger charge is -2.40. The van der Waals surface area contributed by atoms with Crippen molar-refractivity contribution in [2.45, 2.75) is 52.1 Å². The maximum Gasteiger partial charge on any atom is 0.0909 e. The molecule has 1 heterocycles. The molecule has 1 fully saturated rings. The zero-order chi connectivity index (χ0) is 9.84. The van der Waals surface area contributed by atoms with Gasteiger partial charge in [-0.2, -0.15) is 0 Å². The quantitative estimate of drug-likeness (QED) is 0.656. The average molecular weight is 187 g/mol. The van der Waals surface area contributed by atoms with E-state index in [1.807, 2.05) is 0 Å². The molecule has 0 spiro atoms. The number of halogens is 1. The lowest BCUT2D eigenvalue weighted by Crippen LogP contribution is -2.46. The molecule has 2 atom stereocenters. The first-order valence-corrected chi connectivity index (χ1v) is 5.46. The summed E-state index contributed by atoms with van der Waals surface area (Å²) >= 11 is 0. The molecule has 78 valence electrons. The van der Waals surface area contributed by atoms with E-state index in [1.165, 1.54) is 12.8 Å². The summed E-state index contributed by atoms with van der Waals surface area (Å²) in [7, 11) is 0. The van der Waals surface area contributed by atoms with E-state index in [0.717, 1.165) is 18.9 Å². The Labute approximate surface area is 81.3 Å². The molecule has 1 rings (SSSR count). The molecule has 2 heteroatoms. The summed E-state index contributed by atoms with van der Waals surface area (Å²) < 4.78 is 12.3. The zero-order valence-electron chi connectivity index (χ0n) is 9.09. The highest BCUT2D eigenvalue weighted by Crippen LogP contribution is 2.26. The molecule has 0 bridgehead atoms. The van der Waals surface area contributed by atoms with Gasteiger partial charge in [-0.1, -0.05) is 6.92 Å². The third kappa shape index (κ3) is 2.94. The second-order valence-electron chi connectivity index (χ2n) is 4.59. The van der Waals surface area contributed by atoms with Crippen LogP contribution in [0.25, 0.3) is 0 Å². The van der Waals surface area contributed by atoms with Crippen molar-refractivity contribution in [1.82, 2.24) is 4.90 Å². The number of likely N-dealkylation sites (tertiary alicyclic amines) is 1. The standard InChI is InChI=1S/C11H22FN/c1-9(2)13-7-5-10(3)8-11(13)4-6-12/h9-11H,4-8H2,1-3H3. The van der Waals surface area contributed by atoms with Crippen LogP contribution in [0.15, 0.2) is 0 Å². The van der Waals surface area contributed by atoms with Crippen molar-refractivity contribution in [2.24, 2.45) is 5.92 Å². The summed E-state index contributed by atoms with van der Waals surface area (Å²) in [5, 5.41) is 0. The lowest BCUT2D eigenvalue weighted by atomic mass is 9.90. The molecule has 0 N–H and O–H groups in total. The van der Waals surface area contributed by atoms with E-state index < -0.39 is 0 Å². The number of hydrogen-bond acceptors (Lipinski definition) is 1. The van der Waals surface area contributed by atoms with Crippen molar-refractivity contribution in [3.63, 3.8) is 0 Å². The van der Waals surface area contributed by atoms with Gasteiger partial charge in [-0.25, -0.2) is 0 Å². The van der Waals surface area contributed by atoms with E-state index in [9.17, 15) is 4.39 Å². The van der Waals surface area contributed by atoms with E-state index >= 15 is 0 Å². The topological polar surface area (TPSA) is 3.24 Å². The van der Waals surface area contributed by atoms with Crippen molar-refractivity contribution in [1.29, 1.82) is 0 Å². The first-order chi connectivity index (χ1) is 6.15. The summed E-state index contributed by atoms with van der Waals surface area (Å²) in [5.41, 5.74) is 0. The Morgan fingerprint density at radius 2 is 2.15 bits per heavy atom. The zero-order valence-corrected chi connectivity index (χ0v) is 9.09. The van der Waals surface area contributed by atoms with Gasteiger partial charge in [0, 0.05) is 12.1 Å². The number of rotatable bonds is 3. The highest BCUT2D eigenvalue weighted by Gasteiger charge is 2.27. The molecule has 1 aliphatic rings. The van der Waals surface area contributed by atoms with E-state index in [-0.39, 0.29) is 6.67 Å². The van der Waals surface area contributed by atoms with Crippen LogP contribution in [0, 0.1) is 5.92 Å². The van der Waals surface area contributed by atoms with Crippen LogP contribution in [0.1, 0.15) is 40.0 Å². The van der Waals surface area contributed by atoms with Crippen LogP contribution >= 0.6 is 0 Å². The molecule has 2 unspecified atom stereocenters. The Balaban J connectivity index is 2.50. The van der Waals surface area contributed by atoms with Crippen molar-refractivity contribution in [3.05, 3.63) is 0 Å². The maximum atomic E-state index is 12.3. The second-order valence-corrected chi connectivity index (χ2v) is 4.59. The molecule has 1 saturated heterocycles. The first-order valence-electron chi connectivity index (χ1n) is 5.46. The summed E-state index contributed by atoms with van der Waals surface area (Å²) in [6, 6.07) is 1.07. The van der Waals surface area contributed by atoms with Crippen molar-refractivity contribution in [2.75, 3.05) is 13.2 Å². The van der Waals surface area contributed by atoms with E-state index in [1.54, 1.807) is 0 Å². The number of piperidine rings is 1. The van der Waals surface area contributed by atoms with Gasteiger partial charge in [0.2, 0.25) is 0 Å². The molecule has 13 heavy (non-hydrogen) atoms. The fraction of sp³-hybridized carbons (Fsp3) is 1.00. The van der Waals surface area contributed by atoms with Gasteiger partial charge < -0.3 is 0 Å². The van der Waals surface area contributed by atoms with Gasteiger partial charge in [-0.3, -0.25) is 9.29 Å². The third-order valence-corrected chi connectivity index (χ3v) is 3.13. The molecule has 0 aromatic rings. The minimum absolute atomic E-state index is 0.166. The highest BCUT2D eigenvalue weighted by molar-refractivity contribution is 4.81. The molecule has 0 radical (unpaired) electrons. The monoisotopic (exact) mass is 187 g/mol. The van der Waals surface area contributed by atoms with Crippen molar-refractivity contribution >= 4 is 0 Å². The molecule has 0 aliphatic carbocycles. The minimum Gasteiger partial charge on any atom is -0.298 e. The number of alkyl halides is 1. The molecule has 1 aliphatic heterocycles. The van der Waals surface area contributed by atoms with Gasteiger partial charge in [-0.05, 0) is 45.6 Å². The Morgan fingerprint density at radius 3 is 2.69 bits per heavy atom. The van der Waals surface area contributed by atoms with Crippen LogP contribution in [-0.4, -0.2) is 30.2 Å². The van der Waals surface area contributed by atoms with Crippen LogP contribution in [0.3, 0.4) is 0 Å². The van der Waals surface area contributed by atoms with Gasteiger partial charge in [0.25, 0.3) is 0 Å². The van der Waals surface area contributed by atoms with Crippen molar-refractivity contribution in [3.8, 4) is 0 Å². The van der Waals surface area contributed by atoms with Gasteiger partial charge in [-0.15, -0.1) is 0 Å². The number of hydrogen-bond donors (Lipinski definition) is 0. The van der Waals surface area contributed by atoms with Crippen LogP contribution in [0.2, 0.25) is 0 Å². The molecule has 0 aromatic carbocycles. The Kier molecular flexibility index (Phi) is 4.17. The average Bonchev–Trinajstić information content (AvgIpc) is 2.04. The van der Waals surface area contributed by atoms with Gasteiger partial charge in [0.1, 0.15) is 0 Å². The molecular weight excluding hydrogens is 165 g/mol. The van der Waals surface area contributed by atoms with E-state index in [0.29, 0.717) is 12.1 Å². The molecule has 0 saturated carbocycles.